The molecule has 5 aromatic rings. The largest absolute Gasteiger partial charge is 0.489 e. The Morgan fingerprint density at radius 1 is 1.09 bits per heavy atom. The van der Waals surface area contributed by atoms with Crippen LogP contribution in [0.2, 0.25) is 0 Å². The van der Waals surface area contributed by atoms with Gasteiger partial charge >= 0.3 is 0 Å². The van der Waals surface area contributed by atoms with Crippen LogP contribution in [0, 0.1) is 11.3 Å². The molecule has 0 aliphatic carbocycles. The van der Waals surface area contributed by atoms with Gasteiger partial charge in [0.05, 0.1) is 17.8 Å². The number of ether oxygens (including phenoxy) is 1. The van der Waals surface area contributed by atoms with E-state index in [1.807, 2.05) is 43.3 Å². The summed E-state index contributed by atoms with van der Waals surface area (Å²) < 4.78 is 9.39. The molecule has 0 saturated heterocycles. The molecule has 0 aliphatic heterocycles. The van der Waals surface area contributed by atoms with Gasteiger partial charge in [0.2, 0.25) is 0 Å². The molecule has 32 heavy (non-hydrogen) atoms. The van der Waals surface area contributed by atoms with Gasteiger partial charge in [-0.1, -0.05) is 12.1 Å². The quantitative estimate of drug-likeness (QED) is 0.409. The maximum absolute atomic E-state index is 9.43. The zero-order valence-electron chi connectivity index (χ0n) is 17.1. The van der Waals surface area contributed by atoms with E-state index in [1.165, 1.54) is 0 Å². The number of pyridine rings is 2. The molecule has 4 aromatic heterocycles. The van der Waals surface area contributed by atoms with Crippen molar-refractivity contribution in [3.63, 3.8) is 0 Å². The maximum atomic E-state index is 9.43. The van der Waals surface area contributed by atoms with Crippen LogP contribution in [0.4, 0.5) is 0 Å². The van der Waals surface area contributed by atoms with E-state index in [-0.39, 0.29) is 6.10 Å². The van der Waals surface area contributed by atoms with Crippen LogP contribution in [-0.4, -0.2) is 45.8 Å². The van der Waals surface area contributed by atoms with Gasteiger partial charge in [0.25, 0.3) is 0 Å². The molecule has 0 fully saturated rings. The topological polar surface area (TPSA) is 120 Å². The Balaban J connectivity index is 1.46. The molecule has 5 rings (SSSR count). The monoisotopic (exact) mass is 423 g/mol. The van der Waals surface area contributed by atoms with Crippen molar-refractivity contribution in [1.82, 2.24) is 39.7 Å². The number of nitrogens with zero attached hydrogens (tertiary/aromatic N) is 9. The van der Waals surface area contributed by atoms with Crippen molar-refractivity contribution in [2.75, 3.05) is 0 Å². The minimum atomic E-state index is -0.126. The summed E-state index contributed by atoms with van der Waals surface area (Å²) in [6.45, 7) is 2.49. The van der Waals surface area contributed by atoms with Crippen molar-refractivity contribution in [3.8, 4) is 28.9 Å². The van der Waals surface area contributed by atoms with Gasteiger partial charge < -0.3 is 4.74 Å². The average Bonchev–Trinajstić information content (AvgIpc) is 3.48. The van der Waals surface area contributed by atoms with Crippen LogP contribution in [0.1, 0.15) is 12.5 Å². The van der Waals surface area contributed by atoms with Crippen molar-refractivity contribution in [2.24, 2.45) is 0 Å². The van der Waals surface area contributed by atoms with Gasteiger partial charge in [-0.25, -0.2) is 19.6 Å². The van der Waals surface area contributed by atoms with E-state index in [2.05, 4.69) is 31.6 Å². The second kappa shape index (κ2) is 8.23. The molecule has 156 valence electrons. The second-order valence-electron chi connectivity index (χ2n) is 7.13. The molecule has 0 radical (unpaired) electrons. The minimum Gasteiger partial charge on any atom is -0.489 e. The molecule has 0 N–H and O–H groups in total. The fraction of sp³-hybridized carbons (Fsp3) is 0.136. The first kappa shape index (κ1) is 19.3. The molecule has 1 atom stereocenters. The van der Waals surface area contributed by atoms with Gasteiger partial charge in [-0.05, 0) is 53.7 Å². The van der Waals surface area contributed by atoms with Crippen LogP contribution in [0.5, 0.6) is 5.75 Å². The summed E-state index contributed by atoms with van der Waals surface area (Å²) in [5, 5.41) is 20.6. The molecule has 0 unspecified atom stereocenters. The molecule has 0 spiro atoms. The number of imidazole rings is 1. The molecule has 0 aliphatic rings. The lowest BCUT2D eigenvalue weighted by molar-refractivity contribution is 0.193. The first-order chi connectivity index (χ1) is 15.7. The zero-order valence-corrected chi connectivity index (χ0v) is 17.1. The van der Waals surface area contributed by atoms with E-state index >= 15 is 0 Å². The third-order valence-electron chi connectivity index (χ3n) is 4.83. The van der Waals surface area contributed by atoms with Crippen molar-refractivity contribution < 1.29 is 4.74 Å². The van der Waals surface area contributed by atoms with Crippen LogP contribution in [-0.2, 0) is 6.54 Å². The highest BCUT2D eigenvalue weighted by atomic mass is 16.5. The van der Waals surface area contributed by atoms with Gasteiger partial charge in [-0.2, -0.15) is 5.26 Å². The predicted octanol–water partition coefficient (Wildman–Crippen LogP) is 2.81. The third kappa shape index (κ3) is 3.75. The molecule has 10 heteroatoms. The third-order valence-corrected chi connectivity index (χ3v) is 4.83. The number of hydrogen-bond acceptors (Lipinski definition) is 8. The molecule has 4 heterocycles. The van der Waals surface area contributed by atoms with E-state index < -0.39 is 0 Å². The highest BCUT2D eigenvalue weighted by Gasteiger charge is 2.13. The Kier molecular flexibility index (Phi) is 4.97. The van der Waals surface area contributed by atoms with Gasteiger partial charge in [0.1, 0.15) is 36.1 Å². The van der Waals surface area contributed by atoms with Crippen molar-refractivity contribution in [3.05, 3.63) is 72.9 Å². The smallest absolute Gasteiger partial charge is 0.166 e. The Hall–Kier alpha value is -4.65. The number of hydrogen-bond donors (Lipinski definition) is 0. The van der Waals surface area contributed by atoms with Crippen LogP contribution in [0.15, 0.2) is 67.4 Å². The van der Waals surface area contributed by atoms with Gasteiger partial charge in [0.15, 0.2) is 11.5 Å². The van der Waals surface area contributed by atoms with Crippen LogP contribution in [0.25, 0.3) is 28.2 Å². The highest BCUT2D eigenvalue weighted by Crippen LogP contribution is 2.26. The standard InChI is InChI=1S/C22H17N9O/c1-15(12-30-14-26-28-29-30)32-18-6-2-4-16(10-18)19-7-8-20-22(27-19)31(13-25-20)21-17(11-23)5-3-9-24-21/h2-10,13-15H,12H2,1H3/t15-/m0/s1. The van der Waals surface area contributed by atoms with E-state index in [4.69, 9.17) is 9.72 Å². The zero-order chi connectivity index (χ0) is 21.9. The number of tetrazole rings is 1. The number of fused-ring (bicyclic) bond motifs is 1. The molecular formula is C22H17N9O. The lowest BCUT2D eigenvalue weighted by atomic mass is 10.1. The predicted molar refractivity (Wildman–Crippen MR) is 115 cm³/mol. The number of nitriles is 1. The summed E-state index contributed by atoms with van der Waals surface area (Å²) in [6.07, 6.45) is 4.70. The van der Waals surface area contributed by atoms with Crippen molar-refractivity contribution in [1.29, 1.82) is 5.26 Å². The Labute approximate surface area is 182 Å². The fourth-order valence-electron chi connectivity index (χ4n) is 3.41. The summed E-state index contributed by atoms with van der Waals surface area (Å²) in [6, 6.07) is 17.1. The average molecular weight is 423 g/mol. The molecule has 1 aromatic carbocycles. The number of aromatic nitrogens is 8. The van der Waals surface area contributed by atoms with Gasteiger partial charge in [-0.15, -0.1) is 5.10 Å². The number of benzene rings is 1. The van der Waals surface area contributed by atoms with Gasteiger partial charge in [0, 0.05) is 11.8 Å². The van der Waals surface area contributed by atoms with E-state index in [1.54, 1.807) is 40.2 Å². The first-order valence-corrected chi connectivity index (χ1v) is 9.89. The van der Waals surface area contributed by atoms with Gasteiger partial charge in [-0.3, -0.25) is 4.57 Å². The SMILES string of the molecule is C[C@@H](Cn1cnnn1)Oc1cccc(-c2ccc3ncn(-c4ncccc4C#N)c3n2)c1. The fourth-order valence-corrected chi connectivity index (χ4v) is 3.41. The van der Waals surface area contributed by atoms with Crippen LogP contribution < -0.4 is 4.74 Å². The lowest BCUT2D eigenvalue weighted by Crippen LogP contribution is -2.20. The lowest BCUT2D eigenvalue weighted by Gasteiger charge is -2.15. The minimum absolute atomic E-state index is 0.126. The summed E-state index contributed by atoms with van der Waals surface area (Å²) in [5.74, 6) is 1.21. The molecule has 0 saturated carbocycles. The molecular weight excluding hydrogens is 406 g/mol. The summed E-state index contributed by atoms with van der Waals surface area (Å²) in [4.78, 5) is 13.6. The summed E-state index contributed by atoms with van der Waals surface area (Å²) in [5.41, 5.74) is 3.44. The number of rotatable bonds is 6. The normalized spacial score (nSPS) is 11.9. The van der Waals surface area contributed by atoms with Crippen molar-refractivity contribution >= 4 is 11.2 Å². The van der Waals surface area contributed by atoms with Crippen molar-refractivity contribution in [2.45, 2.75) is 19.6 Å². The van der Waals surface area contributed by atoms with E-state index in [9.17, 15) is 5.26 Å². The summed E-state index contributed by atoms with van der Waals surface area (Å²) in [7, 11) is 0. The molecule has 0 amide bonds. The van der Waals surface area contributed by atoms with E-state index in [0.29, 0.717) is 29.1 Å². The second-order valence-corrected chi connectivity index (χ2v) is 7.13. The van der Waals surface area contributed by atoms with Crippen LogP contribution in [0.3, 0.4) is 0 Å². The Morgan fingerprint density at radius 2 is 2.03 bits per heavy atom. The summed E-state index contributed by atoms with van der Waals surface area (Å²) >= 11 is 0. The Morgan fingerprint density at radius 3 is 2.88 bits per heavy atom. The molecule has 0 bridgehead atoms. The van der Waals surface area contributed by atoms with Crippen LogP contribution >= 0.6 is 0 Å². The van der Waals surface area contributed by atoms with E-state index in [0.717, 1.165) is 17.0 Å². The maximum Gasteiger partial charge on any atom is 0.166 e. The molecule has 10 nitrogen and oxygen atoms in total. The Bertz CT molecular complexity index is 1420. The highest BCUT2D eigenvalue weighted by molar-refractivity contribution is 5.77. The first-order valence-electron chi connectivity index (χ1n) is 9.89.